The molecule has 0 bridgehead atoms. The highest BCUT2D eigenvalue weighted by molar-refractivity contribution is 5.96. The Kier molecular flexibility index (Phi) is 13.3. The van der Waals surface area contributed by atoms with E-state index in [-0.39, 0.29) is 54.6 Å². The lowest BCUT2D eigenvalue weighted by atomic mass is 10.3. The van der Waals surface area contributed by atoms with Gasteiger partial charge in [-0.1, -0.05) is 0 Å². The molecule has 2 aliphatic heterocycles. The maximum atomic E-state index is 12.0. The summed E-state index contributed by atoms with van der Waals surface area (Å²) in [5.41, 5.74) is 4.75. The first-order chi connectivity index (χ1) is 27.9. The molecule has 0 aliphatic carbocycles. The van der Waals surface area contributed by atoms with Crippen LogP contribution in [0.25, 0.3) is 33.3 Å². The van der Waals surface area contributed by atoms with Gasteiger partial charge >= 0.3 is 17.9 Å². The summed E-state index contributed by atoms with van der Waals surface area (Å²) in [6, 6.07) is 9.80. The molecule has 0 spiro atoms. The predicted octanol–water partition coefficient (Wildman–Crippen LogP) is 2.47. The molecule has 3 N–H and O–H groups in total. The molecule has 0 saturated carbocycles. The van der Waals surface area contributed by atoms with E-state index in [2.05, 4.69) is 19.9 Å². The molecule has 3 amide bonds. The number of rotatable bonds is 9. The molecule has 2 aliphatic rings. The number of carbonyl (C=O) groups is 6. The van der Waals surface area contributed by atoms with Crippen molar-refractivity contribution in [2.24, 2.45) is 0 Å². The van der Waals surface area contributed by atoms with Gasteiger partial charge in [0, 0.05) is 89.8 Å². The standard InChI is InChI=1S/C14H17N3O4.C13H14N2O5.C11H12N2O4/c1-16-3-5-17(6-4-16)13(18)9-21-14(19)11-8-12-10(15-11)2-7-20-12;16-12(15-2-5-18-6-3-15)8-20-13(17)10-7-11-9(14-10)1-4-19-11;1-13(2)10(14)6-17-11(15)8-5-9-7(12-8)3-4-16-9/h2,7-8,15H,3-6,9H2,1H3;1,4,7,14H,2-3,5-6,8H2;3-5,12H,6H2,1-2H3. The van der Waals surface area contributed by atoms with Gasteiger partial charge in [0.15, 0.2) is 36.6 Å². The van der Waals surface area contributed by atoms with Crippen molar-refractivity contribution < 1.29 is 61.0 Å². The number of amides is 3. The molecular formula is C38H43N7O13. The summed E-state index contributed by atoms with van der Waals surface area (Å²) in [4.78, 5) is 85.7. The quantitative estimate of drug-likeness (QED) is 0.141. The summed E-state index contributed by atoms with van der Waals surface area (Å²) in [7, 11) is 5.21. The Labute approximate surface area is 329 Å². The van der Waals surface area contributed by atoms with Crippen LogP contribution in [0.15, 0.2) is 68.4 Å². The van der Waals surface area contributed by atoms with E-state index in [1.807, 2.05) is 7.05 Å². The summed E-state index contributed by atoms with van der Waals surface area (Å²) < 4.78 is 35.5. The third kappa shape index (κ3) is 10.5. The Morgan fingerprint density at radius 1 is 0.586 bits per heavy atom. The zero-order valence-corrected chi connectivity index (χ0v) is 32.1. The van der Waals surface area contributed by atoms with Gasteiger partial charge in [0.05, 0.1) is 48.6 Å². The highest BCUT2D eigenvalue weighted by Crippen LogP contribution is 2.19. The van der Waals surface area contributed by atoms with E-state index < -0.39 is 17.9 Å². The van der Waals surface area contributed by atoms with Gasteiger partial charge in [-0.05, 0) is 7.05 Å². The summed E-state index contributed by atoms with van der Waals surface area (Å²) >= 11 is 0. The molecule has 8 rings (SSSR count). The Hall–Kier alpha value is -6.80. The minimum absolute atomic E-state index is 0.160. The molecule has 0 radical (unpaired) electrons. The number of likely N-dealkylation sites (N-methyl/N-ethyl adjacent to an activating group) is 2. The average molecular weight is 806 g/mol. The highest BCUT2D eigenvalue weighted by atomic mass is 16.5. The lowest BCUT2D eigenvalue weighted by molar-refractivity contribution is -0.138. The number of hydrogen-bond acceptors (Lipinski definition) is 14. The topological polar surface area (TPSA) is 239 Å². The van der Waals surface area contributed by atoms with Crippen molar-refractivity contribution >= 4 is 68.9 Å². The number of aromatic nitrogens is 3. The minimum Gasteiger partial charge on any atom is -0.463 e. The third-order valence-electron chi connectivity index (χ3n) is 9.08. The number of hydrogen-bond donors (Lipinski definition) is 3. The molecule has 6 aromatic rings. The van der Waals surface area contributed by atoms with Gasteiger partial charge in [-0.25, -0.2) is 14.4 Å². The van der Waals surface area contributed by atoms with Gasteiger partial charge in [-0.3, -0.25) is 14.4 Å². The van der Waals surface area contributed by atoms with Crippen LogP contribution in [-0.2, 0) is 33.3 Å². The van der Waals surface area contributed by atoms with E-state index >= 15 is 0 Å². The molecule has 0 aromatic carbocycles. The average Bonchev–Trinajstić information content (AvgIpc) is 4.07. The second-order valence-corrected chi connectivity index (χ2v) is 13.3. The molecule has 20 heteroatoms. The first kappa shape index (κ1) is 40.9. The minimum atomic E-state index is -0.577. The normalized spacial score (nSPS) is 14.3. The molecule has 20 nitrogen and oxygen atoms in total. The number of nitrogens with zero attached hydrogens (tertiary/aromatic N) is 4. The Balaban J connectivity index is 0.000000148. The van der Waals surface area contributed by atoms with E-state index in [0.29, 0.717) is 56.1 Å². The summed E-state index contributed by atoms with van der Waals surface area (Å²) in [6.45, 7) is 4.36. The number of carbonyl (C=O) groups excluding carboxylic acids is 6. The highest BCUT2D eigenvalue weighted by Gasteiger charge is 2.22. The van der Waals surface area contributed by atoms with Gasteiger partial charge in [0.25, 0.3) is 17.7 Å². The van der Waals surface area contributed by atoms with Crippen molar-refractivity contribution in [1.29, 1.82) is 0 Å². The molecule has 58 heavy (non-hydrogen) atoms. The lowest BCUT2D eigenvalue weighted by Gasteiger charge is -2.32. The van der Waals surface area contributed by atoms with Crippen LogP contribution in [0.2, 0.25) is 0 Å². The summed E-state index contributed by atoms with van der Waals surface area (Å²) in [5, 5.41) is 0. The van der Waals surface area contributed by atoms with E-state index in [4.69, 9.17) is 32.2 Å². The number of ether oxygens (including phenoxy) is 4. The first-order valence-electron chi connectivity index (χ1n) is 18.2. The largest absolute Gasteiger partial charge is 0.463 e. The zero-order chi connectivity index (χ0) is 41.2. The molecule has 6 aromatic heterocycles. The fourth-order valence-electron chi connectivity index (χ4n) is 5.67. The van der Waals surface area contributed by atoms with Crippen LogP contribution >= 0.6 is 0 Å². The molecule has 2 fully saturated rings. The maximum absolute atomic E-state index is 12.0. The third-order valence-corrected chi connectivity index (χ3v) is 9.08. The molecule has 308 valence electrons. The maximum Gasteiger partial charge on any atom is 0.355 e. The van der Waals surface area contributed by atoms with E-state index in [1.54, 1.807) is 54.2 Å². The number of fused-ring (bicyclic) bond motifs is 3. The summed E-state index contributed by atoms with van der Waals surface area (Å²) in [6.07, 6.45) is 4.58. The molecule has 0 atom stereocenters. The number of morpholine rings is 1. The predicted molar refractivity (Wildman–Crippen MR) is 203 cm³/mol. The number of esters is 3. The van der Waals surface area contributed by atoms with Crippen LogP contribution in [0.1, 0.15) is 31.5 Å². The monoisotopic (exact) mass is 805 g/mol. The van der Waals surface area contributed by atoms with Crippen molar-refractivity contribution in [3.05, 3.63) is 72.3 Å². The number of piperazine rings is 1. The van der Waals surface area contributed by atoms with E-state index in [0.717, 1.165) is 29.6 Å². The van der Waals surface area contributed by atoms with Crippen LogP contribution in [-0.4, -0.2) is 164 Å². The van der Waals surface area contributed by atoms with Crippen LogP contribution < -0.4 is 0 Å². The summed E-state index contributed by atoms with van der Waals surface area (Å²) in [5.74, 6) is -2.34. The molecule has 0 unspecified atom stereocenters. The number of nitrogens with one attached hydrogen (secondary N) is 3. The molecule has 2 saturated heterocycles. The first-order valence-corrected chi connectivity index (χ1v) is 18.2. The fourth-order valence-corrected chi connectivity index (χ4v) is 5.67. The van der Waals surface area contributed by atoms with Gasteiger partial charge in [0.1, 0.15) is 17.1 Å². The number of aromatic amines is 3. The van der Waals surface area contributed by atoms with Gasteiger partial charge in [0.2, 0.25) is 0 Å². The smallest absolute Gasteiger partial charge is 0.355 e. The van der Waals surface area contributed by atoms with Crippen molar-refractivity contribution in [2.75, 3.05) is 93.4 Å². The van der Waals surface area contributed by atoms with Crippen LogP contribution in [0.3, 0.4) is 0 Å². The SMILES string of the molecule is CN(C)C(=O)COC(=O)c1cc2occc2[nH]1.CN1CCN(C(=O)COC(=O)c2cc3occc3[nH]2)CC1.O=C(OCC(=O)N1CCOCC1)c1cc2occc2[nH]1. The van der Waals surface area contributed by atoms with E-state index in [9.17, 15) is 28.8 Å². The lowest BCUT2D eigenvalue weighted by Crippen LogP contribution is -2.48. The van der Waals surface area contributed by atoms with Crippen molar-refractivity contribution in [3.8, 4) is 0 Å². The van der Waals surface area contributed by atoms with Crippen LogP contribution in [0.5, 0.6) is 0 Å². The Morgan fingerprint density at radius 2 is 0.966 bits per heavy atom. The second kappa shape index (κ2) is 18.9. The van der Waals surface area contributed by atoms with Crippen molar-refractivity contribution in [1.82, 2.24) is 34.6 Å². The Bertz CT molecular complexity index is 2260. The fraction of sp³-hybridized carbons (Fsp3) is 0.368. The zero-order valence-electron chi connectivity index (χ0n) is 32.1. The van der Waals surface area contributed by atoms with Gasteiger partial charge in [-0.2, -0.15) is 0 Å². The van der Waals surface area contributed by atoms with Crippen LogP contribution in [0, 0.1) is 0 Å². The number of furan rings is 3. The van der Waals surface area contributed by atoms with Gasteiger partial charge < -0.3 is 66.8 Å². The van der Waals surface area contributed by atoms with Gasteiger partial charge in [-0.15, -0.1) is 0 Å². The molecule has 8 heterocycles. The molecular weight excluding hydrogens is 762 g/mol. The number of H-pyrrole nitrogens is 3. The van der Waals surface area contributed by atoms with Crippen molar-refractivity contribution in [3.63, 3.8) is 0 Å². The van der Waals surface area contributed by atoms with Crippen LogP contribution in [0.4, 0.5) is 0 Å². The Morgan fingerprint density at radius 3 is 1.34 bits per heavy atom. The second-order valence-electron chi connectivity index (χ2n) is 13.3. The van der Waals surface area contributed by atoms with E-state index in [1.165, 1.54) is 29.8 Å². The van der Waals surface area contributed by atoms with Crippen molar-refractivity contribution in [2.45, 2.75) is 0 Å².